The van der Waals surface area contributed by atoms with Crippen LogP contribution in [0.2, 0.25) is 5.02 Å². The van der Waals surface area contributed by atoms with E-state index in [-0.39, 0.29) is 29.7 Å². The van der Waals surface area contributed by atoms with Crippen molar-refractivity contribution < 1.29 is 29.0 Å². The second-order valence-corrected chi connectivity index (χ2v) is 14.4. The maximum absolute atomic E-state index is 15.3. The third kappa shape index (κ3) is 4.55. The number of methoxy groups -OCH3 is 1. The van der Waals surface area contributed by atoms with Crippen LogP contribution in [0.4, 0.5) is 11.4 Å². The van der Waals surface area contributed by atoms with Gasteiger partial charge in [-0.3, -0.25) is 24.1 Å². The molecule has 4 aliphatic rings. The van der Waals surface area contributed by atoms with Gasteiger partial charge in [0.05, 0.1) is 41.7 Å². The highest BCUT2D eigenvalue weighted by atomic mass is 79.9. The summed E-state index contributed by atoms with van der Waals surface area (Å²) in [4.78, 5) is 61.0. The maximum Gasteiger partial charge on any atom is 0.246 e. The smallest absolute Gasteiger partial charge is 0.246 e. The molecule has 0 aromatic heterocycles. The van der Waals surface area contributed by atoms with Crippen molar-refractivity contribution in [2.45, 2.75) is 24.2 Å². The number of anilines is 2. The van der Waals surface area contributed by atoms with Gasteiger partial charge in [-0.05, 0) is 84.5 Å². The van der Waals surface area contributed by atoms with Crippen molar-refractivity contribution in [1.29, 1.82) is 0 Å². The Labute approximate surface area is 296 Å². The lowest BCUT2D eigenvalue weighted by atomic mass is 9.49. The molecule has 8 nitrogen and oxygen atoms in total. The largest absolute Gasteiger partial charge is 0.504 e. The Morgan fingerprint density at radius 2 is 1.57 bits per heavy atom. The number of fused-ring (bicyclic) bond motifs is 4. The number of imide groups is 2. The fourth-order valence-electron chi connectivity index (χ4n) is 8.85. The molecular formula is C39H30BrClN2O6. The summed E-state index contributed by atoms with van der Waals surface area (Å²) in [6.07, 6.45) is 2.46. The number of hydrogen-bond acceptors (Lipinski definition) is 6. The first-order valence-electron chi connectivity index (χ1n) is 16.1. The minimum Gasteiger partial charge on any atom is -0.504 e. The molecule has 2 heterocycles. The molecule has 10 heteroatoms. The number of phenolic OH excluding ortho intramolecular Hbond substituents is 1. The monoisotopic (exact) mass is 736 g/mol. The van der Waals surface area contributed by atoms with Crippen LogP contribution in [0.3, 0.4) is 0 Å². The van der Waals surface area contributed by atoms with Gasteiger partial charge in [0.1, 0.15) is 0 Å². The van der Waals surface area contributed by atoms with Crippen molar-refractivity contribution in [2.75, 3.05) is 16.9 Å². The molecule has 2 aliphatic heterocycles. The van der Waals surface area contributed by atoms with Gasteiger partial charge in [-0.15, -0.1) is 0 Å². The van der Waals surface area contributed by atoms with Crippen LogP contribution in [0.15, 0.2) is 113 Å². The molecule has 1 saturated carbocycles. The van der Waals surface area contributed by atoms with Crippen molar-refractivity contribution in [3.8, 4) is 11.5 Å². The van der Waals surface area contributed by atoms with Gasteiger partial charge in [0.15, 0.2) is 11.5 Å². The summed E-state index contributed by atoms with van der Waals surface area (Å²) in [5.74, 6) is -4.81. The number of carbonyl (C=O) groups excluding carboxylic acids is 4. The summed E-state index contributed by atoms with van der Waals surface area (Å²) in [5.41, 5.74) is 1.45. The van der Waals surface area contributed by atoms with Crippen LogP contribution in [-0.4, -0.2) is 35.8 Å². The Morgan fingerprint density at radius 3 is 2.27 bits per heavy atom. The van der Waals surface area contributed by atoms with E-state index in [4.69, 9.17) is 16.3 Å². The summed E-state index contributed by atoms with van der Waals surface area (Å²) in [6, 6.07) is 28.0. The second kappa shape index (κ2) is 11.7. The normalized spacial score (nSPS) is 27.5. The molecule has 6 unspecified atom stereocenters. The van der Waals surface area contributed by atoms with Crippen LogP contribution in [0.1, 0.15) is 29.9 Å². The highest BCUT2D eigenvalue weighted by molar-refractivity contribution is 9.10. The maximum atomic E-state index is 15.3. The summed E-state index contributed by atoms with van der Waals surface area (Å²) in [7, 11) is 1.46. The molecule has 2 aliphatic carbocycles. The Kier molecular flexibility index (Phi) is 7.53. The van der Waals surface area contributed by atoms with Crippen LogP contribution in [-0.2, 0) is 24.6 Å². The summed E-state index contributed by atoms with van der Waals surface area (Å²) in [5, 5.41) is 11.4. The van der Waals surface area contributed by atoms with Gasteiger partial charge < -0.3 is 9.84 Å². The molecule has 4 aromatic carbocycles. The van der Waals surface area contributed by atoms with Crippen molar-refractivity contribution in [3.63, 3.8) is 0 Å². The minimum atomic E-state index is -1.44. The van der Waals surface area contributed by atoms with E-state index in [0.717, 1.165) is 10.0 Å². The van der Waals surface area contributed by atoms with E-state index in [2.05, 4.69) is 15.9 Å². The van der Waals surface area contributed by atoms with Crippen LogP contribution < -0.4 is 14.5 Å². The first kappa shape index (κ1) is 31.5. The van der Waals surface area contributed by atoms with Gasteiger partial charge in [0, 0.05) is 15.4 Å². The molecular weight excluding hydrogens is 708 g/mol. The van der Waals surface area contributed by atoms with Crippen molar-refractivity contribution in [3.05, 3.63) is 129 Å². The number of aromatic hydroxyl groups is 1. The molecule has 246 valence electrons. The molecule has 0 radical (unpaired) electrons. The third-order valence-electron chi connectivity index (χ3n) is 10.8. The van der Waals surface area contributed by atoms with Gasteiger partial charge in [-0.25, -0.2) is 4.90 Å². The topological polar surface area (TPSA) is 104 Å². The SMILES string of the molecule is COc1ccc(C2C3=CCC4C(=O)N(c5ccc(Br)cc5)C(=O)C4C3CC3C(=O)N(c4cccc(Cl)c4)C(=O)C32c2ccccc2)cc1O. The molecule has 6 atom stereocenters. The van der Waals surface area contributed by atoms with E-state index in [0.29, 0.717) is 33.9 Å². The van der Waals surface area contributed by atoms with Gasteiger partial charge >= 0.3 is 0 Å². The molecule has 49 heavy (non-hydrogen) atoms. The zero-order valence-electron chi connectivity index (χ0n) is 26.3. The number of hydrogen-bond donors (Lipinski definition) is 1. The molecule has 1 N–H and O–H groups in total. The summed E-state index contributed by atoms with van der Waals surface area (Å²) >= 11 is 9.81. The van der Waals surface area contributed by atoms with Gasteiger partial charge in [0.25, 0.3) is 0 Å². The lowest BCUT2D eigenvalue weighted by molar-refractivity contribution is -0.127. The quantitative estimate of drug-likeness (QED) is 0.172. The molecule has 0 bridgehead atoms. The molecule has 8 rings (SSSR count). The third-order valence-corrected chi connectivity index (χ3v) is 11.6. The lowest BCUT2D eigenvalue weighted by Crippen LogP contribution is -2.53. The average Bonchev–Trinajstić information content (AvgIpc) is 3.49. The van der Waals surface area contributed by atoms with Gasteiger partial charge in [-0.1, -0.05) is 81.6 Å². The van der Waals surface area contributed by atoms with Crippen molar-refractivity contribution in [2.24, 2.45) is 23.7 Å². The molecule has 0 spiro atoms. The fraction of sp³-hybridized carbons (Fsp3) is 0.231. The van der Waals surface area contributed by atoms with E-state index in [1.807, 2.05) is 36.4 Å². The molecule has 4 aromatic rings. The highest BCUT2D eigenvalue weighted by Crippen LogP contribution is 2.64. The standard InChI is InChI=1S/C39H30BrClN2O6/c1-49-32-17-10-21(18-31(32)44)34-27-15-16-28-33(37(47)42(35(28)45)25-13-11-23(40)12-14-25)29(27)20-30-36(46)43(26-9-5-8-24(41)19-26)38(48)39(30,34)22-6-3-2-4-7-22/h2-15,17-19,28-30,33-34,44H,16,20H2,1H3. The Bertz CT molecular complexity index is 2080. The molecule has 4 amide bonds. The van der Waals surface area contributed by atoms with Crippen molar-refractivity contribution in [1.82, 2.24) is 0 Å². The summed E-state index contributed by atoms with van der Waals surface area (Å²) < 4.78 is 6.18. The van der Waals surface area contributed by atoms with E-state index in [1.165, 1.54) is 16.9 Å². The molecule has 3 fully saturated rings. The highest BCUT2D eigenvalue weighted by Gasteiger charge is 2.70. The predicted octanol–water partition coefficient (Wildman–Crippen LogP) is 7.18. The summed E-state index contributed by atoms with van der Waals surface area (Å²) in [6.45, 7) is 0. The zero-order chi connectivity index (χ0) is 34.2. The van der Waals surface area contributed by atoms with E-state index >= 15 is 4.79 Å². The minimum absolute atomic E-state index is 0.117. The number of amides is 4. The number of carbonyl (C=O) groups is 4. The number of allylic oxidation sites excluding steroid dienone is 2. The number of ether oxygens (including phenoxy) is 1. The van der Waals surface area contributed by atoms with Crippen molar-refractivity contribution >= 4 is 62.5 Å². The number of halogens is 2. The van der Waals surface area contributed by atoms with Gasteiger partial charge in [-0.2, -0.15) is 0 Å². The molecule has 2 saturated heterocycles. The second-order valence-electron chi connectivity index (χ2n) is 13.0. The van der Waals surface area contributed by atoms with E-state index in [9.17, 15) is 19.5 Å². The number of nitrogens with zero attached hydrogens (tertiary/aromatic N) is 2. The zero-order valence-corrected chi connectivity index (χ0v) is 28.6. The predicted molar refractivity (Wildman–Crippen MR) is 187 cm³/mol. The van der Waals surface area contributed by atoms with Gasteiger partial charge in [0.2, 0.25) is 23.6 Å². The Balaban J connectivity index is 1.35. The van der Waals surface area contributed by atoms with Crippen LogP contribution >= 0.6 is 27.5 Å². The fourth-order valence-corrected chi connectivity index (χ4v) is 9.30. The van der Waals surface area contributed by atoms with Crippen LogP contribution in [0, 0.1) is 23.7 Å². The van der Waals surface area contributed by atoms with Crippen LogP contribution in [0.25, 0.3) is 0 Å². The number of benzene rings is 4. The first-order chi connectivity index (χ1) is 23.7. The van der Waals surface area contributed by atoms with Crippen LogP contribution in [0.5, 0.6) is 11.5 Å². The Hall–Kier alpha value is -4.73. The first-order valence-corrected chi connectivity index (χ1v) is 17.2. The lowest BCUT2D eigenvalue weighted by Gasteiger charge is -2.50. The van der Waals surface area contributed by atoms with E-state index in [1.54, 1.807) is 66.7 Å². The number of phenols is 1. The average molecular weight is 738 g/mol. The Morgan fingerprint density at radius 1 is 0.816 bits per heavy atom. The van der Waals surface area contributed by atoms with E-state index < -0.39 is 46.8 Å². The number of rotatable bonds is 5.